The van der Waals surface area contributed by atoms with Crippen molar-refractivity contribution >= 4 is 23.6 Å². The van der Waals surface area contributed by atoms with E-state index >= 15 is 0 Å². The third kappa shape index (κ3) is 5.19. The van der Waals surface area contributed by atoms with Crippen LogP contribution in [-0.4, -0.2) is 55.6 Å². The maximum atomic E-state index is 13.0. The van der Waals surface area contributed by atoms with Crippen LogP contribution in [0, 0.1) is 0 Å². The second-order valence-electron chi connectivity index (χ2n) is 7.96. The number of amides is 2. The summed E-state index contributed by atoms with van der Waals surface area (Å²) in [5, 5.41) is 13.5. The minimum absolute atomic E-state index is 0.251. The molecule has 2 aromatic rings. The van der Waals surface area contributed by atoms with E-state index < -0.39 is 28.8 Å². The van der Waals surface area contributed by atoms with Crippen LogP contribution < -0.4 is 11.1 Å². The van der Waals surface area contributed by atoms with Crippen LogP contribution >= 0.6 is 11.8 Å². The van der Waals surface area contributed by atoms with Crippen molar-refractivity contribution in [3.05, 3.63) is 66.0 Å². The molecule has 1 aliphatic heterocycles. The average molecular weight is 429 g/mol. The fourth-order valence-electron chi connectivity index (χ4n) is 3.55. The Hall–Kier alpha value is -2.42. The van der Waals surface area contributed by atoms with Crippen LogP contribution in [0.3, 0.4) is 0 Å². The predicted molar refractivity (Wildman–Crippen MR) is 117 cm³/mol. The molecule has 4 N–H and O–H groups in total. The molecule has 8 heteroatoms. The van der Waals surface area contributed by atoms with Crippen molar-refractivity contribution in [2.45, 2.75) is 49.7 Å². The van der Waals surface area contributed by atoms with Gasteiger partial charge in [0.1, 0.15) is 12.1 Å². The van der Waals surface area contributed by atoms with Gasteiger partial charge in [0.15, 0.2) is 0 Å². The zero-order valence-electron chi connectivity index (χ0n) is 17.2. The number of benzene rings is 1. The molecule has 2 heterocycles. The number of aliphatic hydroxyl groups is 1. The Balaban J connectivity index is 1.67. The first-order chi connectivity index (χ1) is 14.3. The van der Waals surface area contributed by atoms with Crippen LogP contribution in [0.15, 0.2) is 54.9 Å². The SMILES string of the molecule is CC1(C)SCN(C(=O)[C@@H](O)[C@@H](N)Cc2ccccc2)[C@@H]1C(=O)NCc1ccncc1. The van der Waals surface area contributed by atoms with E-state index in [1.807, 2.05) is 56.3 Å². The maximum Gasteiger partial charge on any atom is 0.254 e. The van der Waals surface area contributed by atoms with Gasteiger partial charge in [0.05, 0.1) is 5.88 Å². The van der Waals surface area contributed by atoms with Crippen molar-refractivity contribution in [3.63, 3.8) is 0 Å². The molecule has 0 unspecified atom stereocenters. The quantitative estimate of drug-likeness (QED) is 0.614. The number of pyridine rings is 1. The van der Waals surface area contributed by atoms with Gasteiger partial charge in [0.2, 0.25) is 5.91 Å². The fraction of sp³-hybridized carbons (Fsp3) is 0.409. The zero-order valence-corrected chi connectivity index (χ0v) is 18.0. The number of hydrogen-bond donors (Lipinski definition) is 3. The number of aliphatic hydroxyl groups excluding tert-OH is 1. The molecule has 0 radical (unpaired) electrons. The minimum Gasteiger partial charge on any atom is -0.382 e. The summed E-state index contributed by atoms with van der Waals surface area (Å²) in [5.74, 6) is -0.437. The van der Waals surface area contributed by atoms with E-state index in [0.29, 0.717) is 18.8 Å². The minimum atomic E-state index is -1.38. The molecule has 0 aliphatic carbocycles. The van der Waals surface area contributed by atoms with Crippen LogP contribution in [-0.2, 0) is 22.6 Å². The van der Waals surface area contributed by atoms with Crippen molar-refractivity contribution in [3.8, 4) is 0 Å². The molecule has 7 nitrogen and oxygen atoms in total. The van der Waals surface area contributed by atoms with Gasteiger partial charge in [-0.15, -0.1) is 11.8 Å². The summed E-state index contributed by atoms with van der Waals surface area (Å²) in [4.78, 5) is 31.4. The highest BCUT2D eigenvalue weighted by atomic mass is 32.2. The normalized spacial score (nSPS) is 19.9. The Bertz CT molecular complexity index is 863. The van der Waals surface area contributed by atoms with Crippen LogP contribution in [0.5, 0.6) is 0 Å². The Morgan fingerprint density at radius 1 is 1.23 bits per heavy atom. The molecule has 0 bridgehead atoms. The topological polar surface area (TPSA) is 109 Å². The molecule has 1 aromatic carbocycles. The monoisotopic (exact) mass is 428 g/mol. The molecule has 0 spiro atoms. The highest BCUT2D eigenvalue weighted by Crippen LogP contribution is 2.39. The van der Waals surface area contributed by atoms with Gasteiger partial charge in [-0.3, -0.25) is 14.6 Å². The molecule has 0 saturated carbocycles. The van der Waals surface area contributed by atoms with E-state index in [1.165, 1.54) is 16.7 Å². The maximum absolute atomic E-state index is 13.0. The smallest absolute Gasteiger partial charge is 0.254 e. The van der Waals surface area contributed by atoms with Gasteiger partial charge in [0, 0.05) is 29.7 Å². The Morgan fingerprint density at radius 2 is 1.90 bits per heavy atom. The number of nitrogens with one attached hydrogen (secondary N) is 1. The summed E-state index contributed by atoms with van der Waals surface area (Å²) in [7, 11) is 0. The van der Waals surface area contributed by atoms with Crippen molar-refractivity contribution in [2.24, 2.45) is 5.73 Å². The number of thioether (sulfide) groups is 1. The standard InChI is InChI=1S/C22H28N4O3S/c1-22(2)19(20(28)25-13-16-8-10-24-11-9-16)26(14-30-22)21(29)18(27)17(23)12-15-6-4-3-5-7-15/h3-11,17-19,27H,12-14,23H2,1-2H3,(H,25,28)/t17-,18-,19+/m0/s1. The molecule has 3 atom stereocenters. The van der Waals surface area contributed by atoms with Crippen molar-refractivity contribution in [2.75, 3.05) is 5.88 Å². The molecule has 1 saturated heterocycles. The number of carbonyl (C=O) groups is 2. The largest absolute Gasteiger partial charge is 0.382 e. The second-order valence-corrected chi connectivity index (χ2v) is 9.56. The van der Waals surface area contributed by atoms with E-state index in [9.17, 15) is 14.7 Å². The van der Waals surface area contributed by atoms with Gasteiger partial charge in [-0.2, -0.15) is 0 Å². The Morgan fingerprint density at radius 3 is 2.57 bits per heavy atom. The van der Waals surface area contributed by atoms with Gasteiger partial charge in [-0.05, 0) is 43.5 Å². The lowest BCUT2D eigenvalue weighted by Crippen LogP contribution is -2.57. The summed E-state index contributed by atoms with van der Waals surface area (Å²) in [6.07, 6.45) is 2.32. The fourth-order valence-corrected chi connectivity index (χ4v) is 4.69. The van der Waals surface area contributed by atoms with Gasteiger partial charge in [-0.25, -0.2) is 0 Å². The van der Waals surface area contributed by atoms with E-state index in [2.05, 4.69) is 10.3 Å². The molecular formula is C22H28N4O3S. The molecule has 1 fully saturated rings. The lowest BCUT2D eigenvalue weighted by molar-refractivity contribution is -0.147. The van der Waals surface area contributed by atoms with Gasteiger partial charge in [0.25, 0.3) is 5.91 Å². The lowest BCUT2D eigenvalue weighted by Gasteiger charge is -2.32. The molecule has 3 rings (SSSR count). The number of hydrogen-bond acceptors (Lipinski definition) is 6. The van der Waals surface area contributed by atoms with Gasteiger partial charge >= 0.3 is 0 Å². The number of nitrogens with two attached hydrogens (primary N) is 1. The highest BCUT2D eigenvalue weighted by Gasteiger charge is 2.49. The van der Waals surface area contributed by atoms with Crippen LogP contribution in [0.25, 0.3) is 0 Å². The van der Waals surface area contributed by atoms with Gasteiger partial charge in [-0.1, -0.05) is 30.3 Å². The molecule has 30 heavy (non-hydrogen) atoms. The predicted octanol–water partition coefficient (Wildman–Crippen LogP) is 1.31. The molecule has 1 aromatic heterocycles. The first-order valence-corrected chi connectivity index (χ1v) is 10.9. The summed E-state index contributed by atoms with van der Waals surface area (Å²) < 4.78 is -0.485. The Kier molecular flexibility index (Phi) is 7.12. The summed E-state index contributed by atoms with van der Waals surface area (Å²) in [5.41, 5.74) is 8.00. The van der Waals surface area contributed by atoms with Crippen LogP contribution in [0.1, 0.15) is 25.0 Å². The number of aromatic nitrogens is 1. The highest BCUT2D eigenvalue weighted by molar-refractivity contribution is 8.00. The summed E-state index contributed by atoms with van der Waals surface area (Å²) in [6, 6.07) is 11.7. The molecule has 1 aliphatic rings. The second kappa shape index (κ2) is 9.59. The number of carbonyl (C=O) groups excluding carboxylic acids is 2. The van der Waals surface area contributed by atoms with Crippen LogP contribution in [0.2, 0.25) is 0 Å². The molecular weight excluding hydrogens is 400 g/mol. The van der Waals surface area contributed by atoms with Crippen LogP contribution in [0.4, 0.5) is 0 Å². The molecule has 160 valence electrons. The third-order valence-electron chi connectivity index (χ3n) is 5.27. The first-order valence-electron chi connectivity index (χ1n) is 9.88. The molecule has 2 amide bonds. The van der Waals surface area contributed by atoms with E-state index in [0.717, 1.165) is 11.1 Å². The van der Waals surface area contributed by atoms with Crippen molar-refractivity contribution in [1.82, 2.24) is 15.2 Å². The van der Waals surface area contributed by atoms with E-state index in [1.54, 1.807) is 12.4 Å². The first kappa shape index (κ1) is 22.3. The van der Waals surface area contributed by atoms with E-state index in [-0.39, 0.29) is 5.91 Å². The zero-order chi connectivity index (χ0) is 21.7. The lowest BCUT2D eigenvalue weighted by atomic mass is 9.97. The summed E-state index contributed by atoms with van der Waals surface area (Å²) in [6.45, 7) is 4.20. The van der Waals surface area contributed by atoms with E-state index in [4.69, 9.17) is 5.73 Å². The Labute approximate surface area is 181 Å². The van der Waals surface area contributed by atoms with Crippen molar-refractivity contribution in [1.29, 1.82) is 0 Å². The number of rotatable bonds is 7. The van der Waals surface area contributed by atoms with Crippen molar-refractivity contribution < 1.29 is 14.7 Å². The number of nitrogens with zero attached hydrogens (tertiary/aromatic N) is 2. The summed E-state index contributed by atoms with van der Waals surface area (Å²) >= 11 is 1.51. The average Bonchev–Trinajstić information content (AvgIpc) is 3.07. The van der Waals surface area contributed by atoms with Gasteiger partial charge < -0.3 is 21.1 Å². The third-order valence-corrected chi connectivity index (χ3v) is 6.64.